The predicted octanol–water partition coefficient (Wildman–Crippen LogP) is 0.468. The minimum Gasteiger partial charge on any atom is -0.479 e. The van der Waals surface area contributed by atoms with Crippen LogP contribution < -0.4 is 5.32 Å². The Labute approximate surface area is 116 Å². The monoisotopic (exact) mass is 279 g/mol. The number of nitrogens with one attached hydrogen (secondary N) is 1. The van der Waals surface area contributed by atoms with E-state index < -0.39 is 24.3 Å². The molecule has 0 aliphatic carbocycles. The van der Waals surface area contributed by atoms with E-state index in [2.05, 4.69) is 5.32 Å². The third-order valence-electron chi connectivity index (χ3n) is 3.24. The van der Waals surface area contributed by atoms with Gasteiger partial charge in [-0.05, 0) is 18.4 Å². The van der Waals surface area contributed by atoms with Gasteiger partial charge in [-0.3, -0.25) is 4.79 Å². The molecular weight excluding hydrogens is 262 g/mol. The van der Waals surface area contributed by atoms with Crippen LogP contribution in [0.3, 0.4) is 0 Å². The molecule has 0 aromatic heterocycles. The Morgan fingerprint density at radius 2 is 1.90 bits per heavy atom. The van der Waals surface area contributed by atoms with Crippen molar-refractivity contribution in [2.75, 3.05) is 6.54 Å². The van der Waals surface area contributed by atoms with Gasteiger partial charge in [-0.1, -0.05) is 30.3 Å². The summed E-state index contributed by atoms with van der Waals surface area (Å²) in [5.74, 6) is -1.44. The molecule has 6 nitrogen and oxygen atoms in total. The molecule has 1 fully saturated rings. The van der Waals surface area contributed by atoms with Crippen LogP contribution in [0.2, 0.25) is 0 Å². The van der Waals surface area contributed by atoms with Crippen LogP contribution in [-0.2, 0) is 14.3 Å². The molecule has 1 amide bonds. The number of carbonyl (C=O) groups is 2. The first kappa shape index (κ1) is 14.5. The van der Waals surface area contributed by atoms with Crippen molar-refractivity contribution < 1.29 is 24.5 Å². The molecule has 0 bridgehead atoms. The van der Waals surface area contributed by atoms with E-state index in [1.165, 1.54) is 0 Å². The van der Waals surface area contributed by atoms with E-state index in [-0.39, 0.29) is 12.5 Å². The standard InChI is InChI=1S/C14H17NO5/c16-10(9-4-2-1-3-5-9)8-15-13(17)11-6-7-12(20-11)14(18)19/h1-5,10-12,16H,6-8H2,(H,15,17)(H,18,19)/t10?,11-,12+/m0/s1. The normalized spacial score (nSPS) is 23.2. The van der Waals surface area contributed by atoms with Gasteiger partial charge in [0.2, 0.25) is 5.91 Å². The minimum absolute atomic E-state index is 0.0699. The molecule has 0 spiro atoms. The first-order chi connectivity index (χ1) is 9.58. The van der Waals surface area contributed by atoms with Crippen LogP contribution in [0.5, 0.6) is 0 Å². The van der Waals surface area contributed by atoms with E-state index in [4.69, 9.17) is 9.84 Å². The lowest BCUT2D eigenvalue weighted by molar-refractivity contribution is -0.151. The molecule has 1 aliphatic rings. The van der Waals surface area contributed by atoms with Crippen LogP contribution in [0.4, 0.5) is 0 Å². The van der Waals surface area contributed by atoms with Gasteiger partial charge in [-0.2, -0.15) is 0 Å². The zero-order chi connectivity index (χ0) is 14.5. The Hall–Kier alpha value is -1.92. The van der Waals surface area contributed by atoms with Gasteiger partial charge in [0.1, 0.15) is 6.10 Å². The summed E-state index contributed by atoms with van der Waals surface area (Å²) in [7, 11) is 0. The van der Waals surface area contributed by atoms with Crippen molar-refractivity contribution in [3.8, 4) is 0 Å². The van der Waals surface area contributed by atoms with Gasteiger partial charge in [0.25, 0.3) is 0 Å². The summed E-state index contributed by atoms with van der Waals surface area (Å²) >= 11 is 0. The van der Waals surface area contributed by atoms with Gasteiger partial charge in [0.05, 0.1) is 6.10 Å². The van der Waals surface area contributed by atoms with E-state index in [9.17, 15) is 14.7 Å². The number of hydrogen-bond donors (Lipinski definition) is 3. The number of carboxylic acid groups (broad SMARTS) is 1. The number of hydrogen-bond acceptors (Lipinski definition) is 4. The average molecular weight is 279 g/mol. The number of carbonyl (C=O) groups excluding carboxylic acids is 1. The summed E-state index contributed by atoms with van der Waals surface area (Å²) in [6.45, 7) is 0.0699. The fourth-order valence-corrected chi connectivity index (χ4v) is 2.12. The average Bonchev–Trinajstić information content (AvgIpc) is 2.95. The van der Waals surface area contributed by atoms with E-state index in [1.54, 1.807) is 24.3 Å². The largest absolute Gasteiger partial charge is 0.479 e. The van der Waals surface area contributed by atoms with E-state index in [0.717, 1.165) is 0 Å². The molecule has 1 saturated heterocycles. The molecule has 1 aromatic carbocycles. The first-order valence-corrected chi connectivity index (χ1v) is 6.47. The highest BCUT2D eigenvalue weighted by Gasteiger charge is 2.34. The molecule has 2 rings (SSSR count). The van der Waals surface area contributed by atoms with Gasteiger partial charge in [0, 0.05) is 6.54 Å². The number of aliphatic carboxylic acids is 1. The predicted molar refractivity (Wildman–Crippen MR) is 69.9 cm³/mol. The Morgan fingerprint density at radius 3 is 2.50 bits per heavy atom. The Bertz CT molecular complexity index is 476. The Balaban J connectivity index is 1.80. The van der Waals surface area contributed by atoms with Crippen molar-refractivity contribution >= 4 is 11.9 Å². The van der Waals surface area contributed by atoms with Crippen LogP contribution in [0.15, 0.2) is 30.3 Å². The molecule has 108 valence electrons. The smallest absolute Gasteiger partial charge is 0.332 e. The van der Waals surface area contributed by atoms with Gasteiger partial charge in [-0.15, -0.1) is 0 Å². The molecule has 3 N–H and O–H groups in total. The SMILES string of the molecule is O=C(NCC(O)c1ccccc1)[C@@H]1CC[C@H](C(=O)O)O1. The van der Waals surface area contributed by atoms with Crippen LogP contribution in [0.1, 0.15) is 24.5 Å². The van der Waals surface area contributed by atoms with Crippen molar-refractivity contribution in [2.24, 2.45) is 0 Å². The zero-order valence-corrected chi connectivity index (χ0v) is 10.9. The second-order valence-electron chi connectivity index (χ2n) is 4.70. The van der Waals surface area contributed by atoms with Crippen molar-refractivity contribution in [3.63, 3.8) is 0 Å². The first-order valence-electron chi connectivity index (χ1n) is 6.47. The maximum atomic E-state index is 11.8. The molecule has 6 heteroatoms. The van der Waals surface area contributed by atoms with E-state index >= 15 is 0 Å². The molecule has 1 aliphatic heterocycles. The summed E-state index contributed by atoms with van der Waals surface area (Å²) in [4.78, 5) is 22.5. The van der Waals surface area contributed by atoms with Crippen LogP contribution in [0.25, 0.3) is 0 Å². The highest BCUT2D eigenvalue weighted by Crippen LogP contribution is 2.20. The van der Waals surface area contributed by atoms with Gasteiger partial charge in [0.15, 0.2) is 6.10 Å². The summed E-state index contributed by atoms with van der Waals surface area (Å²) < 4.78 is 5.13. The maximum absolute atomic E-state index is 11.8. The van der Waals surface area contributed by atoms with Crippen LogP contribution in [0, 0.1) is 0 Å². The van der Waals surface area contributed by atoms with Gasteiger partial charge < -0.3 is 20.3 Å². The molecule has 1 aromatic rings. The quantitative estimate of drug-likeness (QED) is 0.728. The fraction of sp³-hybridized carbons (Fsp3) is 0.429. The Kier molecular flexibility index (Phi) is 4.70. The van der Waals surface area contributed by atoms with Crippen molar-refractivity contribution in [1.29, 1.82) is 0 Å². The van der Waals surface area contributed by atoms with Crippen LogP contribution in [-0.4, -0.2) is 40.8 Å². The summed E-state index contributed by atoms with van der Waals surface area (Å²) in [6.07, 6.45) is -1.75. The number of aliphatic hydroxyl groups excluding tert-OH is 1. The number of benzene rings is 1. The van der Waals surface area contributed by atoms with E-state index in [0.29, 0.717) is 18.4 Å². The third kappa shape index (κ3) is 3.55. The topological polar surface area (TPSA) is 95.9 Å². The van der Waals surface area contributed by atoms with Crippen molar-refractivity contribution in [1.82, 2.24) is 5.32 Å². The number of amides is 1. The maximum Gasteiger partial charge on any atom is 0.332 e. The number of aliphatic hydroxyl groups is 1. The second-order valence-corrected chi connectivity index (χ2v) is 4.70. The Morgan fingerprint density at radius 1 is 1.25 bits per heavy atom. The van der Waals surface area contributed by atoms with Crippen LogP contribution >= 0.6 is 0 Å². The molecular formula is C14H17NO5. The minimum atomic E-state index is -1.05. The lowest BCUT2D eigenvalue weighted by atomic mass is 10.1. The molecule has 1 heterocycles. The number of rotatable bonds is 5. The van der Waals surface area contributed by atoms with Gasteiger partial charge >= 0.3 is 5.97 Å². The molecule has 20 heavy (non-hydrogen) atoms. The van der Waals surface area contributed by atoms with Crippen molar-refractivity contribution in [2.45, 2.75) is 31.2 Å². The summed E-state index contributed by atoms with van der Waals surface area (Å²) in [5, 5.41) is 21.3. The number of ether oxygens (including phenoxy) is 1. The lowest BCUT2D eigenvalue weighted by Crippen LogP contribution is -2.37. The highest BCUT2D eigenvalue weighted by molar-refractivity contribution is 5.82. The second kappa shape index (κ2) is 6.49. The zero-order valence-electron chi connectivity index (χ0n) is 10.9. The third-order valence-corrected chi connectivity index (χ3v) is 3.24. The lowest BCUT2D eigenvalue weighted by Gasteiger charge is -2.15. The van der Waals surface area contributed by atoms with Gasteiger partial charge in [-0.25, -0.2) is 4.79 Å². The van der Waals surface area contributed by atoms with E-state index in [1.807, 2.05) is 6.07 Å². The molecule has 3 atom stereocenters. The molecule has 0 radical (unpaired) electrons. The fourth-order valence-electron chi connectivity index (χ4n) is 2.12. The van der Waals surface area contributed by atoms with Crippen molar-refractivity contribution in [3.05, 3.63) is 35.9 Å². The highest BCUT2D eigenvalue weighted by atomic mass is 16.5. The molecule has 1 unspecified atom stereocenters. The number of carboxylic acids is 1. The summed E-state index contributed by atoms with van der Waals surface area (Å²) in [6, 6.07) is 8.98. The summed E-state index contributed by atoms with van der Waals surface area (Å²) in [5.41, 5.74) is 0.712. The molecule has 0 saturated carbocycles.